The van der Waals surface area contributed by atoms with Gasteiger partial charge in [-0.05, 0) is 61.7 Å². The fourth-order valence-corrected chi connectivity index (χ4v) is 6.21. The molecule has 0 aliphatic carbocycles. The molecule has 1 aromatic heterocycles. The van der Waals surface area contributed by atoms with Crippen LogP contribution in [0.3, 0.4) is 0 Å². The van der Waals surface area contributed by atoms with Gasteiger partial charge in [-0.15, -0.1) is 0 Å². The number of amidine groups is 1. The fourth-order valence-electron chi connectivity index (χ4n) is 4.93. The Labute approximate surface area is 262 Å². The van der Waals surface area contributed by atoms with Crippen molar-refractivity contribution >= 4 is 40.3 Å². The van der Waals surface area contributed by atoms with Crippen LogP contribution in [-0.4, -0.2) is 44.9 Å². The number of amides is 3. The minimum atomic E-state index is -0.779. The molecule has 2 heterocycles. The Morgan fingerprint density at radius 2 is 1.45 bits per heavy atom. The van der Waals surface area contributed by atoms with Crippen molar-refractivity contribution in [2.45, 2.75) is 50.6 Å². The summed E-state index contributed by atoms with van der Waals surface area (Å²) in [6.07, 6.45) is 1.71. The highest BCUT2D eigenvalue weighted by molar-refractivity contribution is 8.15. The molecule has 1 aliphatic rings. The maximum absolute atomic E-state index is 13.5. The van der Waals surface area contributed by atoms with Gasteiger partial charge in [0.1, 0.15) is 11.3 Å². The lowest BCUT2D eigenvalue weighted by atomic mass is 9.90. The van der Waals surface area contributed by atoms with Gasteiger partial charge >= 0.3 is 0 Å². The quantitative estimate of drug-likeness (QED) is 0.233. The molecular formula is C35H35N5O3S. The number of nitrogens with one attached hydrogen (secondary N) is 2. The average Bonchev–Trinajstić information content (AvgIpc) is 3.32. The summed E-state index contributed by atoms with van der Waals surface area (Å²) >= 11 is 1.42. The van der Waals surface area contributed by atoms with E-state index in [-0.39, 0.29) is 23.8 Å². The van der Waals surface area contributed by atoms with Crippen LogP contribution in [0, 0.1) is 0 Å². The van der Waals surface area contributed by atoms with Gasteiger partial charge in [0.25, 0.3) is 0 Å². The normalized spacial score (nSPS) is 16.4. The highest BCUT2D eigenvalue weighted by atomic mass is 32.2. The number of thioether (sulfide) groups is 1. The lowest BCUT2D eigenvalue weighted by Crippen LogP contribution is -2.43. The van der Waals surface area contributed by atoms with E-state index in [9.17, 15) is 14.4 Å². The maximum Gasteiger partial charge on any atom is 0.247 e. The summed E-state index contributed by atoms with van der Waals surface area (Å²) in [5, 5.41) is 5.99. The Hall–Kier alpha value is -4.76. The summed E-state index contributed by atoms with van der Waals surface area (Å²) in [4.78, 5) is 50.8. The van der Waals surface area contributed by atoms with Crippen molar-refractivity contribution < 1.29 is 14.4 Å². The van der Waals surface area contributed by atoms with E-state index in [1.165, 1.54) is 11.8 Å². The molecule has 5 rings (SSSR count). The number of carbonyl (C=O) groups is 3. The highest BCUT2D eigenvalue weighted by Gasteiger charge is 2.39. The van der Waals surface area contributed by atoms with Crippen LogP contribution in [0.1, 0.15) is 54.3 Å². The van der Waals surface area contributed by atoms with Crippen molar-refractivity contribution in [2.75, 3.05) is 5.32 Å². The van der Waals surface area contributed by atoms with Crippen molar-refractivity contribution in [3.8, 4) is 0 Å². The van der Waals surface area contributed by atoms with E-state index in [0.717, 1.165) is 22.4 Å². The number of rotatable bonds is 10. The van der Waals surface area contributed by atoms with Gasteiger partial charge < -0.3 is 10.6 Å². The van der Waals surface area contributed by atoms with Gasteiger partial charge in [-0.2, -0.15) is 0 Å². The van der Waals surface area contributed by atoms with Crippen molar-refractivity contribution in [1.29, 1.82) is 0 Å². The molecule has 1 unspecified atom stereocenters. The van der Waals surface area contributed by atoms with Gasteiger partial charge in [0, 0.05) is 17.9 Å². The molecule has 44 heavy (non-hydrogen) atoms. The number of anilines is 1. The molecule has 3 aromatic carbocycles. The van der Waals surface area contributed by atoms with Crippen LogP contribution in [0.2, 0.25) is 0 Å². The summed E-state index contributed by atoms with van der Waals surface area (Å²) in [6, 6.07) is 31.1. The summed E-state index contributed by atoms with van der Waals surface area (Å²) in [5.41, 5.74) is 3.86. The second-order valence-corrected chi connectivity index (χ2v) is 11.9. The molecule has 0 saturated carbocycles. The first kappa shape index (κ1) is 30.7. The summed E-state index contributed by atoms with van der Waals surface area (Å²) < 4.78 is 0. The number of carbonyl (C=O) groups excluding carboxylic acids is 3. The molecule has 2 atom stereocenters. The molecule has 0 bridgehead atoms. The van der Waals surface area contributed by atoms with Crippen molar-refractivity contribution in [2.24, 2.45) is 4.99 Å². The van der Waals surface area contributed by atoms with E-state index in [2.05, 4.69) is 15.6 Å². The van der Waals surface area contributed by atoms with Crippen molar-refractivity contribution in [1.82, 2.24) is 15.2 Å². The third-order valence-corrected chi connectivity index (χ3v) is 8.37. The second-order valence-electron chi connectivity index (χ2n) is 10.8. The maximum atomic E-state index is 13.5. The topological polar surface area (TPSA) is 104 Å². The molecule has 8 nitrogen and oxygen atoms in total. The van der Waals surface area contributed by atoms with Gasteiger partial charge in [-0.1, -0.05) is 90.6 Å². The fraction of sp³-hybridized carbons (Fsp3) is 0.229. The van der Waals surface area contributed by atoms with Crippen molar-refractivity contribution in [3.63, 3.8) is 0 Å². The molecule has 1 aliphatic heterocycles. The number of nitrogens with zero attached hydrogens (tertiary/aromatic N) is 3. The molecule has 0 radical (unpaired) electrons. The molecule has 1 saturated heterocycles. The van der Waals surface area contributed by atoms with Gasteiger partial charge in [-0.3, -0.25) is 29.3 Å². The highest BCUT2D eigenvalue weighted by Crippen LogP contribution is 2.40. The van der Waals surface area contributed by atoms with Gasteiger partial charge in [-0.25, -0.2) is 0 Å². The minimum Gasteiger partial charge on any atom is -0.344 e. The number of hydrogen-bond donors (Lipinski definition) is 2. The Kier molecular flexibility index (Phi) is 9.86. The second kappa shape index (κ2) is 14.1. The first-order valence-electron chi connectivity index (χ1n) is 14.6. The lowest BCUT2D eigenvalue weighted by Gasteiger charge is -2.21. The first-order valence-corrected chi connectivity index (χ1v) is 15.4. The minimum absolute atomic E-state index is 0.0333. The zero-order valence-corrected chi connectivity index (χ0v) is 25.7. The number of aromatic nitrogens is 1. The van der Waals surface area contributed by atoms with E-state index in [4.69, 9.17) is 4.99 Å². The smallest absolute Gasteiger partial charge is 0.247 e. The predicted molar refractivity (Wildman–Crippen MR) is 175 cm³/mol. The molecule has 224 valence electrons. The average molecular weight is 606 g/mol. The van der Waals surface area contributed by atoms with Crippen LogP contribution < -0.4 is 10.6 Å². The largest absolute Gasteiger partial charge is 0.344 e. The molecule has 1 fully saturated rings. The van der Waals surface area contributed by atoms with E-state index in [1.54, 1.807) is 30.2 Å². The van der Waals surface area contributed by atoms with E-state index >= 15 is 0 Å². The SMILES string of the molecule is CC(C)N=C1SC(c2ccc(NC(=O)[C@H](C)NC(=O)C(c3ccccc3)c3ccccc3)cc2)C(=O)N1Cc1ccccn1. The molecular weight excluding hydrogens is 570 g/mol. The van der Waals surface area contributed by atoms with Crippen LogP contribution in [0.5, 0.6) is 0 Å². The Morgan fingerprint density at radius 3 is 2.02 bits per heavy atom. The van der Waals surface area contributed by atoms with Gasteiger partial charge in [0.05, 0.1) is 18.2 Å². The monoisotopic (exact) mass is 605 g/mol. The summed E-state index contributed by atoms with van der Waals surface area (Å²) in [5.74, 6) is -1.20. The van der Waals surface area contributed by atoms with Gasteiger partial charge in [0.15, 0.2) is 5.17 Å². The number of pyridine rings is 1. The first-order chi connectivity index (χ1) is 21.3. The third-order valence-electron chi connectivity index (χ3n) is 7.12. The van der Waals surface area contributed by atoms with E-state index in [0.29, 0.717) is 17.4 Å². The van der Waals surface area contributed by atoms with Crippen LogP contribution in [0.25, 0.3) is 0 Å². The van der Waals surface area contributed by atoms with E-state index in [1.807, 2.05) is 105 Å². The molecule has 3 amide bonds. The number of hydrogen-bond acceptors (Lipinski definition) is 6. The summed E-state index contributed by atoms with van der Waals surface area (Å²) in [7, 11) is 0. The Balaban J connectivity index is 1.24. The predicted octanol–water partition coefficient (Wildman–Crippen LogP) is 5.94. The van der Waals surface area contributed by atoms with Crippen LogP contribution in [0.4, 0.5) is 5.69 Å². The van der Waals surface area contributed by atoms with Crippen LogP contribution >= 0.6 is 11.8 Å². The number of aliphatic imine (C=N–C) groups is 1. The van der Waals surface area contributed by atoms with E-state index < -0.39 is 17.2 Å². The molecule has 2 N–H and O–H groups in total. The van der Waals surface area contributed by atoms with Crippen LogP contribution in [-0.2, 0) is 20.9 Å². The van der Waals surface area contributed by atoms with Crippen molar-refractivity contribution in [3.05, 3.63) is 132 Å². The van der Waals surface area contributed by atoms with Crippen LogP contribution in [0.15, 0.2) is 114 Å². The zero-order chi connectivity index (χ0) is 31.1. The number of benzene rings is 3. The lowest BCUT2D eigenvalue weighted by molar-refractivity contribution is -0.126. The third kappa shape index (κ3) is 7.41. The standard InChI is InChI=1S/C35H35N5O3S/c1-23(2)37-35-40(22-29-16-10-11-21-36-29)34(43)31(44-35)27-17-19-28(20-18-27)39-32(41)24(3)38-33(42)30(25-12-6-4-7-13-25)26-14-8-5-9-15-26/h4-21,23-24,30-31H,22H2,1-3H3,(H,38,42)(H,39,41)/t24-,31?/m0/s1. The molecule has 0 spiro atoms. The molecule has 9 heteroatoms. The Bertz CT molecular complexity index is 1570. The molecule has 4 aromatic rings. The zero-order valence-electron chi connectivity index (χ0n) is 24.9. The van der Waals surface area contributed by atoms with Gasteiger partial charge in [0.2, 0.25) is 17.7 Å². The summed E-state index contributed by atoms with van der Waals surface area (Å²) in [6.45, 7) is 5.97. The Morgan fingerprint density at radius 1 is 0.841 bits per heavy atom.